The van der Waals surface area contributed by atoms with E-state index in [1.165, 1.54) is 0 Å². The van der Waals surface area contributed by atoms with Crippen molar-refractivity contribution in [3.63, 3.8) is 0 Å². The zero-order chi connectivity index (χ0) is 18.9. The van der Waals surface area contributed by atoms with Crippen molar-refractivity contribution < 1.29 is 39.6 Å². The number of carbonyl (C=O) groups is 1. The summed E-state index contributed by atoms with van der Waals surface area (Å²) in [5.74, 6) is -2.32. The molecule has 0 aliphatic rings. The Morgan fingerprint density at radius 2 is 1.46 bits per heavy atom. The monoisotopic (exact) mass is 378 g/mol. The van der Waals surface area contributed by atoms with Gasteiger partial charge in [-0.15, -0.1) is 0 Å². The molecule has 5 nitrogen and oxygen atoms in total. The van der Waals surface area contributed by atoms with E-state index in [0.29, 0.717) is 16.4 Å². The summed E-state index contributed by atoms with van der Waals surface area (Å²) < 4.78 is 100. The predicted molar refractivity (Wildman–Crippen MR) is 70.9 cm³/mol. The summed E-state index contributed by atoms with van der Waals surface area (Å²) in [6, 6.07) is 0.748. The summed E-state index contributed by atoms with van der Waals surface area (Å²) in [4.78, 5) is 10.7. The Labute approximate surface area is 133 Å². The summed E-state index contributed by atoms with van der Waals surface area (Å²) >= 11 is 0. The highest BCUT2D eigenvalue weighted by Crippen LogP contribution is 2.36. The number of benzene rings is 1. The number of nitrogens with zero attached hydrogens (tertiary/aromatic N) is 1. The van der Waals surface area contributed by atoms with Crippen molar-refractivity contribution in [3.05, 3.63) is 34.9 Å². The molecule has 0 spiro atoms. The molecular weight excluding hydrogens is 366 g/mol. The molecular formula is C12H12F6N2O3S. The van der Waals surface area contributed by atoms with Crippen molar-refractivity contribution in [3.8, 4) is 0 Å². The van der Waals surface area contributed by atoms with Crippen molar-refractivity contribution in [2.75, 3.05) is 12.8 Å². The number of amides is 1. The lowest BCUT2D eigenvalue weighted by atomic mass is 10.0. The van der Waals surface area contributed by atoms with Gasteiger partial charge in [0, 0.05) is 13.6 Å². The van der Waals surface area contributed by atoms with Gasteiger partial charge in [-0.1, -0.05) is 0 Å². The number of carbonyl (C=O) groups excluding carboxylic acids is 1. The molecule has 1 aromatic rings. The summed E-state index contributed by atoms with van der Waals surface area (Å²) in [6.07, 6.45) is -10.1. The van der Waals surface area contributed by atoms with Crippen LogP contribution < -0.4 is 5.73 Å². The predicted octanol–water partition coefficient (Wildman–Crippen LogP) is 1.97. The van der Waals surface area contributed by atoms with Crippen molar-refractivity contribution in [1.82, 2.24) is 4.31 Å². The average molecular weight is 378 g/mol. The van der Waals surface area contributed by atoms with Crippen LogP contribution in [-0.2, 0) is 33.7 Å². The molecule has 0 radical (unpaired) electrons. The Morgan fingerprint density at radius 1 is 1.04 bits per heavy atom. The molecule has 136 valence electrons. The van der Waals surface area contributed by atoms with E-state index in [2.05, 4.69) is 0 Å². The highest BCUT2D eigenvalue weighted by molar-refractivity contribution is 7.89. The second-order valence-corrected chi connectivity index (χ2v) is 6.97. The average Bonchev–Trinajstić information content (AvgIpc) is 2.34. The van der Waals surface area contributed by atoms with E-state index in [1.807, 2.05) is 0 Å². The summed E-state index contributed by atoms with van der Waals surface area (Å²) in [6.45, 7) is -0.789. The van der Waals surface area contributed by atoms with Crippen LogP contribution >= 0.6 is 0 Å². The first-order chi connectivity index (χ1) is 10.6. The van der Waals surface area contributed by atoms with Gasteiger partial charge in [-0.2, -0.15) is 26.3 Å². The number of sulfonamides is 1. The lowest BCUT2D eigenvalue weighted by Gasteiger charge is -2.19. The van der Waals surface area contributed by atoms with Crippen LogP contribution in [0.2, 0.25) is 0 Å². The first-order valence-corrected chi connectivity index (χ1v) is 7.74. The van der Waals surface area contributed by atoms with E-state index in [4.69, 9.17) is 5.73 Å². The molecule has 2 N–H and O–H groups in total. The highest BCUT2D eigenvalue weighted by atomic mass is 32.2. The molecule has 0 aliphatic heterocycles. The Bertz CT molecular complexity index is 695. The quantitative estimate of drug-likeness (QED) is 0.796. The van der Waals surface area contributed by atoms with Gasteiger partial charge in [0.2, 0.25) is 15.9 Å². The highest BCUT2D eigenvalue weighted by Gasteiger charge is 2.37. The van der Waals surface area contributed by atoms with E-state index < -0.39 is 57.3 Å². The molecule has 1 rings (SSSR count). The van der Waals surface area contributed by atoms with E-state index in [1.54, 1.807) is 0 Å². The molecule has 0 heterocycles. The van der Waals surface area contributed by atoms with Gasteiger partial charge in [0.1, 0.15) is 5.75 Å². The van der Waals surface area contributed by atoms with Gasteiger partial charge in [0.05, 0.1) is 11.1 Å². The Morgan fingerprint density at radius 3 is 1.79 bits per heavy atom. The van der Waals surface area contributed by atoms with Crippen molar-refractivity contribution in [2.24, 2.45) is 5.73 Å². The van der Waals surface area contributed by atoms with Crippen LogP contribution in [0, 0.1) is 0 Å². The van der Waals surface area contributed by atoms with Gasteiger partial charge in [-0.25, -0.2) is 12.7 Å². The normalized spacial score (nSPS) is 13.3. The first kappa shape index (κ1) is 20.2. The molecule has 1 aromatic carbocycles. The molecule has 0 atom stereocenters. The van der Waals surface area contributed by atoms with Crippen LogP contribution in [-0.4, -0.2) is 31.4 Å². The van der Waals surface area contributed by atoms with Gasteiger partial charge in [-0.05, 0) is 23.8 Å². The molecule has 0 unspecified atom stereocenters. The van der Waals surface area contributed by atoms with E-state index in [9.17, 15) is 39.6 Å². The third-order valence-corrected chi connectivity index (χ3v) is 4.58. The lowest BCUT2D eigenvalue weighted by molar-refractivity contribution is -0.143. The molecule has 0 aromatic heterocycles. The van der Waals surface area contributed by atoms with Crippen molar-refractivity contribution >= 4 is 15.9 Å². The molecule has 0 aliphatic carbocycles. The molecule has 1 amide bonds. The molecule has 0 fully saturated rings. The number of nitrogens with two attached hydrogens (primary N) is 1. The molecule has 0 saturated carbocycles. The maximum Gasteiger partial charge on any atom is 0.416 e. The van der Waals surface area contributed by atoms with Crippen molar-refractivity contribution in [2.45, 2.75) is 18.9 Å². The second kappa shape index (κ2) is 6.59. The third kappa shape index (κ3) is 5.37. The maximum absolute atomic E-state index is 12.7. The minimum Gasteiger partial charge on any atom is -0.369 e. The summed E-state index contributed by atoms with van der Waals surface area (Å²) in [5, 5.41) is 0. The number of halogens is 6. The van der Waals surface area contributed by atoms with E-state index >= 15 is 0 Å². The maximum atomic E-state index is 12.7. The topological polar surface area (TPSA) is 80.5 Å². The van der Waals surface area contributed by atoms with Gasteiger partial charge in [-0.3, -0.25) is 4.79 Å². The first-order valence-electron chi connectivity index (χ1n) is 6.13. The van der Waals surface area contributed by atoms with Crippen LogP contribution in [0.4, 0.5) is 26.3 Å². The van der Waals surface area contributed by atoms with Gasteiger partial charge >= 0.3 is 12.4 Å². The number of alkyl halides is 6. The van der Waals surface area contributed by atoms with E-state index in [-0.39, 0.29) is 6.07 Å². The van der Waals surface area contributed by atoms with Gasteiger partial charge in [0.25, 0.3) is 0 Å². The van der Waals surface area contributed by atoms with Crippen LogP contribution in [0.25, 0.3) is 0 Å². The third-order valence-electron chi connectivity index (χ3n) is 2.85. The minimum atomic E-state index is -5.04. The SMILES string of the molecule is CN(Cc1cc(C(F)(F)F)cc(C(F)(F)F)c1)S(=O)(=O)CC(N)=O. The zero-order valence-corrected chi connectivity index (χ0v) is 12.9. The molecule has 0 bridgehead atoms. The fourth-order valence-corrected chi connectivity index (χ4v) is 2.68. The Hall–Kier alpha value is -1.82. The fraction of sp³-hybridized carbons (Fsp3) is 0.417. The van der Waals surface area contributed by atoms with Crippen LogP contribution in [0.3, 0.4) is 0 Å². The Balaban J connectivity index is 3.27. The largest absolute Gasteiger partial charge is 0.416 e. The van der Waals surface area contributed by atoms with Crippen LogP contribution in [0.15, 0.2) is 18.2 Å². The van der Waals surface area contributed by atoms with Gasteiger partial charge in [0.15, 0.2) is 0 Å². The molecule has 0 saturated heterocycles. The smallest absolute Gasteiger partial charge is 0.369 e. The standard InChI is InChI=1S/C12H12F6N2O3S/c1-20(24(22,23)6-10(19)21)5-7-2-8(11(13,14)15)4-9(3-7)12(16,17)18/h2-4H,5-6H2,1H3,(H2,19,21). The molecule has 12 heteroatoms. The fourth-order valence-electron chi connectivity index (χ4n) is 1.76. The zero-order valence-electron chi connectivity index (χ0n) is 12.1. The summed E-state index contributed by atoms with van der Waals surface area (Å²) in [5.41, 5.74) is 1.07. The number of primary amides is 1. The molecule has 24 heavy (non-hydrogen) atoms. The van der Waals surface area contributed by atoms with Crippen LogP contribution in [0.1, 0.15) is 16.7 Å². The summed E-state index contributed by atoms with van der Waals surface area (Å²) in [7, 11) is -3.35. The van der Waals surface area contributed by atoms with E-state index in [0.717, 1.165) is 7.05 Å². The van der Waals surface area contributed by atoms with Crippen molar-refractivity contribution in [1.29, 1.82) is 0 Å². The lowest BCUT2D eigenvalue weighted by Crippen LogP contribution is -2.34. The second-order valence-electron chi connectivity index (χ2n) is 4.89. The number of hydrogen-bond acceptors (Lipinski definition) is 3. The minimum absolute atomic E-state index is 0.0680. The van der Waals surface area contributed by atoms with Gasteiger partial charge < -0.3 is 5.73 Å². The van der Waals surface area contributed by atoms with Crippen LogP contribution in [0.5, 0.6) is 0 Å². The number of hydrogen-bond donors (Lipinski definition) is 1. The number of rotatable bonds is 5. The Kier molecular flexibility index (Phi) is 5.55.